The van der Waals surface area contributed by atoms with Crippen molar-refractivity contribution in [3.63, 3.8) is 0 Å². The Kier molecular flexibility index (Phi) is 6.40. The highest BCUT2D eigenvalue weighted by Gasteiger charge is 2.36. The van der Waals surface area contributed by atoms with Gasteiger partial charge < -0.3 is 20.4 Å². The lowest BCUT2D eigenvalue weighted by Gasteiger charge is -2.39. The first-order valence-corrected chi connectivity index (χ1v) is 10.7. The van der Waals surface area contributed by atoms with Crippen LogP contribution < -0.4 is 10.6 Å². The van der Waals surface area contributed by atoms with Crippen LogP contribution >= 0.6 is 0 Å². The number of nitrogens with one attached hydrogen (secondary N) is 2. The molecule has 2 N–H and O–H groups in total. The van der Waals surface area contributed by atoms with Crippen molar-refractivity contribution < 1.29 is 0 Å². The first-order chi connectivity index (χ1) is 14.2. The number of pyridine rings is 1. The zero-order valence-electron chi connectivity index (χ0n) is 18.8. The lowest BCUT2D eigenvalue weighted by Crippen LogP contribution is -2.42. The van der Waals surface area contributed by atoms with Gasteiger partial charge in [-0.15, -0.1) is 0 Å². The Labute approximate surface area is 181 Å². The minimum absolute atomic E-state index is 0.00173. The second-order valence-electron chi connectivity index (χ2n) is 8.72. The summed E-state index contributed by atoms with van der Waals surface area (Å²) < 4.78 is 0. The van der Waals surface area contributed by atoms with Crippen LogP contribution in [0.3, 0.4) is 0 Å². The Balaban J connectivity index is 1.77. The first-order valence-electron chi connectivity index (χ1n) is 10.7. The third-order valence-corrected chi connectivity index (χ3v) is 6.03. The van der Waals surface area contributed by atoms with Crippen molar-refractivity contribution in [2.24, 2.45) is 0 Å². The fraction of sp³-hybridized carbons (Fsp3) is 0.400. The molecular weight excluding hydrogens is 370 g/mol. The molecule has 30 heavy (non-hydrogen) atoms. The lowest BCUT2D eigenvalue weighted by atomic mass is 10.0. The molecule has 2 bridgehead atoms. The molecule has 1 fully saturated rings. The Morgan fingerprint density at radius 2 is 2.07 bits per heavy atom. The van der Waals surface area contributed by atoms with Crippen LogP contribution in [0, 0.1) is 0 Å². The molecule has 1 aromatic rings. The van der Waals surface area contributed by atoms with E-state index in [2.05, 4.69) is 85.0 Å². The summed E-state index contributed by atoms with van der Waals surface area (Å²) >= 11 is 0. The number of hydrogen-bond donors (Lipinski definition) is 2. The van der Waals surface area contributed by atoms with E-state index in [9.17, 15) is 0 Å². The van der Waals surface area contributed by atoms with Crippen molar-refractivity contribution in [3.05, 3.63) is 84.8 Å². The van der Waals surface area contributed by atoms with Crippen LogP contribution in [-0.2, 0) is 0 Å². The van der Waals surface area contributed by atoms with Gasteiger partial charge in [0.15, 0.2) is 0 Å². The van der Waals surface area contributed by atoms with Gasteiger partial charge in [0.05, 0.1) is 11.7 Å². The summed E-state index contributed by atoms with van der Waals surface area (Å²) in [6.45, 7) is 23.4. The zero-order valence-corrected chi connectivity index (χ0v) is 18.8. The number of nitrogens with zero attached hydrogens (tertiary/aromatic N) is 3. The molecule has 0 saturated carbocycles. The smallest absolute Gasteiger partial charge is 0.131 e. The second kappa shape index (κ2) is 8.82. The van der Waals surface area contributed by atoms with E-state index in [-0.39, 0.29) is 5.54 Å². The highest BCUT2D eigenvalue weighted by molar-refractivity contribution is 5.44. The number of fused-ring (bicyclic) bond motifs is 2. The average Bonchev–Trinajstić information content (AvgIpc) is 3.12. The maximum Gasteiger partial charge on any atom is 0.131 e. The lowest BCUT2D eigenvalue weighted by molar-refractivity contribution is 0.269. The fourth-order valence-corrected chi connectivity index (χ4v) is 3.95. The van der Waals surface area contributed by atoms with E-state index in [1.807, 2.05) is 18.2 Å². The van der Waals surface area contributed by atoms with Crippen LogP contribution in [0.15, 0.2) is 84.8 Å². The normalized spacial score (nSPS) is 18.7. The van der Waals surface area contributed by atoms with Gasteiger partial charge in [0.25, 0.3) is 0 Å². The molecule has 2 aliphatic rings. The summed E-state index contributed by atoms with van der Waals surface area (Å²) in [6, 6.07) is 6.26. The highest BCUT2D eigenvalue weighted by Crippen LogP contribution is 2.34. The van der Waals surface area contributed by atoms with E-state index in [1.54, 1.807) is 6.20 Å². The van der Waals surface area contributed by atoms with E-state index in [0.717, 1.165) is 48.8 Å². The van der Waals surface area contributed by atoms with Gasteiger partial charge in [-0.25, -0.2) is 4.98 Å². The van der Waals surface area contributed by atoms with Crippen molar-refractivity contribution in [2.45, 2.75) is 52.1 Å². The Morgan fingerprint density at radius 1 is 1.30 bits per heavy atom. The summed E-state index contributed by atoms with van der Waals surface area (Å²) in [5.74, 6) is 1.67. The molecule has 1 aromatic heterocycles. The molecular formula is C25H35N5. The summed E-state index contributed by atoms with van der Waals surface area (Å²) in [4.78, 5) is 9.12. The van der Waals surface area contributed by atoms with E-state index in [0.29, 0.717) is 6.04 Å². The van der Waals surface area contributed by atoms with Crippen molar-refractivity contribution in [1.29, 1.82) is 0 Å². The maximum atomic E-state index is 4.37. The minimum atomic E-state index is 0.00173. The van der Waals surface area contributed by atoms with Crippen molar-refractivity contribution in [3.8, 4) is 0 Å². The SMILES string of the molecule is C=C(/C=C\C1=C(C)N(C(=C)Nc2ccccn2)[C@H]2CCN1C2)C(=C)NC(C)(C)CC. The van der Waals surface area contributed by atoms with E-state index < -0.39 is 0 Å². The molecule has 3 rings (SSSR count). The third-order valence-electron chi connectivity index (χ3n) is 6.03. The highest BCUT2D eigenvalue weighted by atomic mass is 15.4. The largest absolute Gasteiger partial charge is 0.380 e. The molecule has 2 aliphatic heterocycles. The molecule has 0 aliphatic carbocycles. The van der Waals surface area contributed by atoms with E-state index in [1.165, 1.54) is 11.4 Å². The fourth-order valence-electron chi connectivity index (χ4n) is 3.95. The molecule has 160 valence electrons. The van der Waals surface area contributed by atoms with Gasteiger partial charge in [-0.05, 0) is 57.4 Å². The number of hydrogen-bond acceptors (Lipinski definition) is 5. The van der Waals surface area contributed by atoms with E-state index in [4.69, 9.17) is 0 Å². The first kappa shape index (κ1) is 21.8. The van der Waals surface area contributed by atoms with Gasteiger partial charge in [0.1, 0.15) is 11.6 Å². The molecule has 0 aromatic carbocycles. The molecule has 5 nitrogen and oxygen atoms in total. The Morgan fingerprint density at radius 3 is 2.73 bits per heavy atom. The summed E-state index contributed by atoms with van der Waals surface area (Å²) in [6.07, 6.45) is 8.13. The molecule has 0 amide bonds. The van der Waals surface area contributed by atoms with Gasteiger partial charge in [0.2, 0.25) is 0 Å². The van der Waals surface area contributed by atoms with Crippen LogP contribution in [0.25, 0.3) is 0 Å². The average molecular weight is 406 g/mol. The predicted molar refractivity (Wildman–Crippen MR) is 126 cm³/mol. The van der Waals surface area contributed by atoms with Crippen molar-refractivity contribution in [1.82, 2.24) is 20.1 Å². The van der Waals surface area contributed by atoms with Crippen LogP contribution in [0.1, 0.15) is 40.5 Å². The van der Waals surface area contributed by atoms with Gasteiger partial charge in [-0.3, -0.25) is 0 Å². The summed E-state index contributed by atoms with van der Waals surface area (Å²) in [7, 11) is 0. The van der Waals surface area contributed by atoms with Crippen molar-refractivity contribution >= 4 is 5.82 Å². The topological polar surface area (TPSA) is 43.4 Å². The number of rotatable bonds is 9. The molecule has 0 unspecified atom stereocenters. The van der Waals surface area contributed by atoms with E-state index >= 15 is 0 Å². The van der Waals surface area contributed by atoms with Gasteiger partial charge in [-0.2, -0.15) is 0 Å². The van der Waals surface area contributed by atoms with Crippen molar-refractivity contribution in [2.75, 3.05) is 18.4 Å². The standard InChI is InChI=1S/C25H35N5/c1-8-25(6,7)28-19(3)18(2)12-13-23-20(4)30(22-14-16-29(23)17-22)21(5)27-24-11-9-10-15-26-24/h9-13,15,22,28H,2-3,5,8,14,16-17H2,1,4,6-7H3,(H,26,27)/b13-12-/t22-/m0/s1. The Bertz CT molecular complexity index is 878. The minimum Gasteiger partial charge on any atom is -0.380 e. The molecule has 0 radical (unpaired) electrons. The number of allylic oxidation sites excluding steroid dienone is 3. The molecule has 1 saturated heterocycles. The number of anilines is 1. The predicted octanol–water partition coefficient (Wildman–Crippen LogP) is 4.99. The van der Waals surface area contributed by atoms with Gasteiger partial charge in [-0.1, -0.05) is 38.8 Å². The number of aromatic nitrogens is 1. The molecule has 0 spiro atoms. The third kappa shape index (κ3) is 4.78. The van der Waals surface area contributed by atoms with Crippen LogP contribution in [0.2, 0.25) is 0 Å². The van der Waals surface area contributed by atoms with Crippen LogP contribution in [0.4, 0.5) is 5.82 Å². The molecule has 1 atom stereocenters. The van der Waals surface area contributed by atoms with Crippen LogP contribution in [-0.4, -0.2) is 39.5 Å². The maximum absolute atomic E-state index is 4.37. The summed E-state index contributed by atoms with van der Waals surface area (Å²) in [5, 5.41) is 6.84. The Hall–Kier alpha value is -2.95. The molecule has 5 heteroatoms. The monoisotopic (exact) mass is 405 g/mol. The van der Waals surface area contributed by atoms with Gasteiger partial charge >= 0.3 is 0 Å². The van der Waals surface area contributed by atoms with Crippen LogP contribution in [0.5, 0.6) is 0 Å². The van der Waals surface area contributed by atoms with Gasteiger partial charge in [0, 0.05) is 36.2 Å². The second-order valence-corrected chi connectivity index (χ2v) is 8.72. The summed E-state index contributed by atoms with van der Waals surface area (Å²) in [5.41, 5.74) is 4.16. The molecule has 3 heterocycles. The quantitative estimate of drug-likeness (QED) is 0.567. The zero-order chi connectivity index (χ0) is 21.9.